The number of nitrogens with one attached hydrogen (secondary N) is 1. The molecule has 1 aromatic rings. The van der Waals surface area contributed by atoms with Crippen molar-refractivity contribution in [1.29, 1.82) is 5.26 Å². The summed E-state index contributed by atoms with van der Waals surface area (Å²) in [5.41, 5.74) is 0.710. The molecule has 0 saturated carbocycles. The van der Waals surface area contributed by atoms with Gasteiger partial charge in [0.25, 0.3) is 0 Å². The van der Waals surface area contributed by atoms with E-state index in [9.17, 15) is 16.8 Å². The minimum atomic E-state index is -3.88. The van der Waals surface area contributed by atoms with Crippen molar-refractivity contribution in [1.82, 2.24) is 4.72 Å². The molecule has 0 aliphatic heterocycles. The normalized spacial score (nSPS) is 12.9. The summed E-state index contributed by atoms with van der Waals surface area (Å²) in [6, 6.07) is 6.20. The molecular formula is C13H18N2O4S2. The zero-order valence-electron chi connectivity index (χ0n) is 12.3. The SMILES string of the molecule is Cc1ccc(C#N)cc1S(=O)(=O)NCC(C)(C)S(C)(=O)=O. The van der Waals surface area contributed by atoms with Gasteiger partial charge in [-0.2, -0.15) is 5.26 Å². The van der Waals surface area contributed by atoms with Crippen LogP contribution in [0.1, 0.15) is 25.0 Å². The number of hydrogen-bond donors (Lipinski definition) is 1. The Labute approximate surface area is 125 Å². The number of nitrogens with zero attached hydrogens (tertiary/aromatic N) is 1. The van der Waals surface area contributed by atoms with Gasteiger partial charge in [0.1, 0.15) is 0 Å². The lowest BCUT2D eigenvalue weighted by molar-refractivity contribution is 0.537. The summed E-state index contributed by atoms with van der Waals surface area (Å²) in [6.07, 6.45) is 1.06. The summed E-state index contributed by atoms with van der Waals surface area (Å²) in [5.74, 6) is 0. The van der Waals surface area contributed by atoms with Gasteiger partial charge in [-0.25, -0.2) is 21.6 Å². The molecular weight excluding hydrogens is 312 g/mol. The highest BCUT2D eigenvalue weighted by Crippen LogP contribution is 2.19. The Morgan fingerprint density at radius 2 is 1.81 bits per heavy atom. The van der Waals surface area contributed by atoms with Crippen LogP contribution in [-0.2, 0) is 19.9 Å². The highest BCUT2D eigenvalue weighted by molar-refractivity contribution is 7.92. The minimum absolute atomic E-state index is 0.0224. The zero-order chi connectivity index (χ0) is 16.5. The highest BCUT2D eigenvalue weighted by atomic mass is 32.2. The van der Waals surface area contributed by atoms with E-state index in [0.717, 1.165) is 6.26 Å². The molecule has 0 heterocycles. The molecule has 0 unspecified atom stereocenters. The van der Waals surface area contributed by atoms with Gasteiger partial charge in [-0.05, 0) is 38.5 Å². The molecule has 0 aromatic heterocycles. The van der Waals surface area contributed by atoms with Crippen molar-refractivity contribution in [3.05, 3.63) is 29.3 Å². The van der Waals surface area contributed by atoms with Crippen LogP contribution in [-0.4, -0.2) is 34.4 Å². The fraction of sp³-hybridized carbons (Fsp3) is 0.462. The van der Waals surface area contributed by atoms with Crippen molar-refractivity contribution in [2.24, 2.45) is 0 Å². The lowest BCUT2D eigenvalue weighted by atomic mass is 10.2. The minimum Gasteiger partial charge on any atom is -0.229 e. The number of rotatable bonds is 5. The van der Waals surface area contributed by atoms with Crippen molar-refractivity contribution >= 4 is 19.9 Å². The first-order valence-electron chi connectivity index (χ1n) is 6.11. The third-order valence-electron chi connectivity index (χ3n) is 3.30. The molecule has 0 aliphatic carbocycles. The van der Waals surface area contributed by atoms with E-state index in [4.69, 9.17) is 5.26 Å². The first kappa shape index (κ1) is 17.6. The van der Waals surface area contributed by atoms with Gasteiger partial charge >= 0.3 is 0 Å². The topological polar surface area (TPSA) is 104 Å². The molecule has 0 saturated heterocycles. The van der Waals surface area contributed by atoms with Gasteiger partial charge in [0.15, 0.2) is 9.84 Å². The van der Waals surface area contributed by atoms with Crippen molar-refractivity contribution < 1.29 is 16.8 Å². The second-order valence-electron chi connectivity index (χ2n) is 5.45. The van der Waals surface area contributed by atoms with E-state index in [1.54, 1.807) is 6.92 Å². The molecule has 0 radical (unpaired) electrons. The van der Waals surface area contributed by atoms with Gasteiger partial charge in [-0.15, -0.1) is 0 Å². The van der Waals surface area contributed by atoms with Crippen molar-refractivity contribution in [2.75, 3.05) is 12.8 Å². The monoisotopic (exact) mass is 330 g/mol. The molecule has 21 heavy (non-hydrogen) atoms. The van der Waals surface area contributed by atoms with Crippen LogP contribution in [0.15, 0.2) is 23.1 Å². The van der Waals surface area contributed by atoms with E-state index in [0.29, 0.717) is 5.56 Å². The predicted octanol–water partition coefficient (Wildman–Crippen LogP) is 0.968. The van der Waals surface area contributed by atoms with Crippen LogP contribution in [0.4, 0.5) is 0 Å². The molecule has 0 bridgehead atoms. The fourth-order valence-electron chi connectivity index (χ4n) is 1.44. The van der Waals surface area contributed by atoms with Crippen molar-refractivity contribution in [3.8, 4) is 6.07 Å². The maximum absolute atomic E-state index is 12.3. The summed E-state index contributed by atoms with van der Waals surface area (Å²) in [7, 11) is -7.29. The number of aryl methyl sites for hydroxylation is 1. The number of sulfone groups is 1. The molecule has 0 spiro atoms. The molecule has 8 heteroatoms. The second-order valence-corrected chi connectivity index (χ2v) is 9.83. The van der Waals surface area contributed by atoms with E-state index >= 15 is 0 Å². The molecule has 0 fully saturated rings. The summed E-state index contributed by atoms with van der Waals surface area (Å²) in [6.45, 7) is 4.26. The maximum atomic E-state index is 12.3. The Kier molecular flexibility index (Phi) is 4.83. The average Bonchev–Trinajstić information content (AvgIpc) is 2.36. The lowest BCUT2D eigenvalue weighted by Gasteiger charge is -2.23. The van der Waals surface area contributed by atoms with Crippen LogP contribution in [0.5, 0.6) is 0 Å². The molecule has 0 aliphatic rings. The van der Waals surface area contributed by atoms with Crippen LogP contribution in [0, 0.1) is 18.3 Å². The Hall–Kier alpha value is -1.43. The molecule has 1 rings (SSSR count). The Morgan fingerprint density at radius 3 is 2.29 bits per heavy atom. The quantitative estimate of drug-likeness (QED) is 0.866. The largest absolute Gasteiger partial charge is 0.240 e. The van der Waals surface area contributed by atoms with Crippen LogP contribution in [0.2, 0.25) is 0 Å². The first-order chi connectivity index (χ1) is 9.40. The first-order valence-corrected chi connectivity index (χ1v) is 9.48. The van der Waals surface area contributed by atoms with Crippen LogP contribution >= 0.6 is 0 Å². The second kappa shape index (κ2) is 5.75. The van der Waals surface area contributed by atoms with Crippen LogP contribution < -0.4 is 4.72 Å². The fourth-order valence-corrected chi connectivity index (χ4v) is 3.34. The van der Waals surface area contributed by atoms with Gasteiger partial charge in [-0.1, -0.05) is 6.07 Å². The van der Waals surface area contributed by atoms with Crippen LogP contribution in [0.25, 0.3) is 0 Å². The van der Waals surface area contributed by atoms with Gasteiger partial charge < -0.3 is 0 Å². The molecule has 1 aromatic carbocycles. The molecule has 116 valence electrons. The van der Waals surface area contributed by atoms with Gasteiger partial charge in [0.2, 0.25) is 10.0 Å². The van der Waals surface area contributed by atoms with Crippen LogP contribution in [0.3, 0.4) is 0 Å². The van der Waals surface area contributed by atoms with E-state index in [1.165, 1.54) is 32.0 Å². The third-order valence-corrected chi connectivity index (χ3v) is 6.99. The summed E-state index contributed by atoms with van der Waals surface area (Å²) >= 11 is 0. The molecule has 0 amide bonds. The standard InChI is InChI=1S/C13H18N2O4S2/c1-10-5-6-11(8-14)7-12(10)21(18,19)15-9-13(2,3)20(4,16)17/h5-7,15H,9H2,1-4H3. The van der Waals surface area contributed by atoms with Crippen molar-refractivity contribution in [3.63, 3.8) is 0 Å². The molecule has 6 nitrogen and oxygen atoms in total. The number of benzene rings is 1. The van der Waals surface area contributed by atoms with Gasteiger partial charge in [-0.3, -0.25) is 0 Å². The number of sulfonamides is 1. The lowest BCUT2D eigenvalue weighted by Crippen LogP contribution is -2.43. The zero-order valence-corrected chi connectivity index (χ0v) is 14.0. The van der Waals surface area contributed by atoms with E-state index in [-0.39, 0.29) is 17.0 Å². The summed E-state index contributed by atoms with van der Waals surface area (Å²) < 4.78 is 48.8. The Bertz CT molecular complexity index is 788. The number of nitriles is 1. The summed E-state index contributed by atoms with van der Waals surface area (Å²) in [4.78, 5) is -0.0224. The van der Waals surface area contributed by atoms with E-state index in [2.05, 4.69) is 4.72 Å². The predicted molar refractivity (Wildman–Crippen MR) is 80.0 cm³/mol. The van der Waals surface area contributed by atoms with E-state index < -0.39 is 24.6 Å². The molecule has 0 atom stereocenters. The third kappa shape index (κ3) is 4.03. The maximum Gasteiger partial charge on any atom is 0.240 e. The molecule has 1 N–H and O–H groups in total. The van der Waals surface area contributed by atoms with Crippen molar-refractivity contribution in [2.45, 2.75) is 30.4 Å². The number of hydrogen-bond acceptors (Lipinski definition) is 5. The van der Waals surface area contributed by atoms with E-state index in [1.807, 2.05) is 6.07 Å². The average molecular weight is 330 g/mol. The summed E-state index contributed by atoms with van der Waals surface area (Å²) in [5, 5.41) is 8.84. The van der Waals surface area contributed by atoms with Gasteiger partial charge in [0, 0.05) is 12.8 Å². The highest BCUT2D eigenvalue weighted by Gasteiger charge is 2.32. The Balaban J connectivity index is 3.12. The van der Waals surface area contributed by atoms with Gasteiger partial charge in [0.05, 0.1) is 21.3 Å². The smallest absolute Gasteiger partial charge is 0.229 e. The Morgan fingerprint density at radius 1 is 1.24 bits per heavy atom.